The number of carbonyl (C=O) groups is 1. The number of hydrogen-bond acceptors (Lipinski definition) is 5. The van der Waals surface area contributed by atoms with E-state index in [1.54, 1.807) is 0 Å². The Bertz CT molecular complexity index is 290. The Kier molecular flexibility index (Phi) is 15.1. The second-order valence-electron chi connectivity index (χ2n) is 2.92. The molecule has 0 aromatic rings. The summed E-state index contributed by atoms with van der Waals surface area (Å²) in [4.78, 5) is 33.1. The van der Waals surface area contributed by atoms with Crippen molar-refractivity contribution in [2.45, 2.75) is 18.9 Å². The quantitative estimate of drug-likeness (QED) is 0.0845. The molecule has 0 aliphatic rings. The van der Waals surface area contributed by atoms with Crippen molar-refractivity contribution in [1.82, 2.24) is 5.32 Å². The summed E-state index contributed by atoms with van der Waals surface area (Å²) < 4.78 is 8.77. The van der Waals surface area contributed by atoms with Gasteiger partial charge in [-0.25, -0.2) is 0 Å². The molecule has 18 heavy (non-hydrogen) atoms. The van der Waals surface area contributed by atoms with E-state index in [1.807, 2.05) is 0 Å². The SMILES string of the molecule is N=C(N)NCCCC(N)C(=O)O.O=P([O-])(O)O.[Na+]. The van der Waals surface area contributed by atoms with Gasteiger partial charge < -0.3 is 36.6 Å². The van der Waals surface area contributed by atoms with E-state index in [0.717, 1.165) is 0 Å². The normalized spacial score (nSPS) is 11.3. The Hall–Kier alpha value is -0.190. The Morgan fingerprint density at radius 1 is 1.50 bits per heavy atom. The maximum Gasteiger partial charge on any atom is 1.00 e. The van der Waals surface area contributed by atoms with E-state index in [-0.39, 0.29) is 35.5 Å². The first-order valence-electron chi connectivity index (χ1n) is 4.37. The number of nitrogens with two attached hydrogens (primary N) is 2. The molecule has 1 atom stereocenters. The minimum absolute atomic E-state index is 0. The van der Waals surface area contributed by atoms with Gasteiger partial charge in [0.25, 0.3) is 7.82 Å². The van der Waals surface area contributed by atoms with Crippen molar-refractivity contribution in [3.8, 4) is 0 Å². The zero-order chi connectivity index (χ0) is 14.1. The molecule has 0 fully saturated rings. The smallest absolute Gasteiger partial charge is 0.756 e. The van der Waals surface area contributed by atoms with Crippen LogP contribution < -0.4 is 51.2 Å². The Morgan fingerprint density at radius 3 is 2.17 bits per heavy atom. The minimum Gasteiger partial charge on any atom is -0.756 e. The summed E-state index contributed by atoms with van der Waals surface area (Å²) in [5, 5.41) is 17.7. The van der Waals surface area contributed by atoms with Crippen molar-refractivity contribution in [3.05, 3.63) is 0 Å². The molecule has 0 rings (SSSR count). The summed E-state index contributed by atoms with van der Waals surface area (Å²) in [6, 6.07) is -0.821. The average Bonchev–Trinajstić information content (AvgIpc) is 2.08. The van der Waals surface area contributed by atoms with Crippen LogP contribution in [0, 0.1) is 5.41 Å². The van der Waals surface area contributed by atoms with Crippen molar-refractivity contribution in [2.24, 2.45) is 11.5 Å². The fourth-order valence-electron chi connectivity index (χ4n) is 0.669. The van der Waals surface area contributed by atoms with Crippen LogP contribution in [0.2, 0.25) is 0 Å². The summed E-state index contributed by atoms with van der Waals surface area (Å²) in [5.74, 6) is -1.11. The van der Waals surface area contributed by atoms with Crippen LogP contribution in [0.3, 0.4) is 0 Å². The molecule has 10 nitrogen and oxygen atoms in total. The summed E-state index contributed by atoms with van der Waals surface area (Å²) in [5.41, 5.74) is 10.2. The van der Waals surface area contributed by atoms with Gasteiger partial charge in [0.2, 0.25) is 0 Å². The number of aliphatic carboxylic acids is 1. The van der Waals surface area contributed by atoms with E-state index >= 15 is 0 Å². The van der Waals surface area contributed by atoms with E-state index < -0.39 is 19.8 Å². The standard InChI is InChI=1S/C6H14N4O2.Na.H3O4P/c7-4(5(11)12)2-1-3-10-6(8)9;;1-5(2,3)4/h4H,1-3,7H2,(H,11,12)(H4,8,9,10);;(H3,1,2,3,4)/q;+1;/p-1. The Labute approximate surface area is 126 Å². The van der Waals surface area contributed by atoms with E-state index in [2.05, 4.69) is 5.32 Å². The number of carboxylic acid groups (broad SMARTS) is 1. The van der Waals surface area contributed by atoms with Crippen molar-refractivity contribution in [2.75, 3.05) is 6.54 Å². The minimum atomic E-state index is -4.89. The van der Waals surface area contributed by atoms with Gasteiger partial charge in [0.05, 0.1) is 0 Å². The molecule has 0 aromatic heterocycles. The van der Waals surface area contributed by atoms with Crippen molar-refractivity contribution >= 4 is 19.8 Å². The maximum absolute atomic E-state index is 10.2. The van der Waals surface area contributed by atoms with Gasteiger partial charge in [-0.1, -0.05) is 0 Å². The van der Waals surface area contributed by atoms with Crippen LogP contribution in [-0.4, -0.2) is 39.4 Å². The molecule has 0 saturated carbocycles. The largest absolute Gasteiger partial charge is 1.00 e. The first-order chi connectivity index (χ1) is 7.54. The van der Waals surface area contributed by atoms with Gasteiger partial charge in [0.15, 0.2) is 5.96 Å². The van der Waals surface area contributed by atoms with Gasteiger partial charge in [-0.2, -0.15) is 0 Å². The van der Waals surface area contributed by atoms with Gasteiger partial charge in [-0.15, -0.1) is 0 Å². The number of rotatable bonds is 5. The molecular formula is C6H16N4NaO6P. The predicted molar refractivity (Wildman–Crippen MR) is 56.8 cm³/mol. The molecule has 0 aliphatic heterocycles. The second-order valence-corrected chi connectivity index (χ2v) is 3.90. The summed E-state index contributed by atoms with van der Waals surface area (Å²) in [7, 11) is -4.89. The number of carboxylic acids is 1. The van der Waals surface area contributed by atoms with E-state index in [0.29, 0.717) is 19.4 Å². The van der Waals surface area contributed by atoms with Crippen LogP contribution in [0.4, 0.5) is 0 Å². The molecule has 0 aliphatic carbocycles. The molecule has 1 unspecified atom stereocenters. The van der Waals surface area contributed by atoms with Crippen molar-refractivity contribution in [3.63, 3.8) is 0 Å². The molecule has 0 saturated heterocycles. The van der Waals surface area contributed by atoms with Crippen molar-refractivity contribution in [1.29, 1.82) is 5.41 Å². The van der Waals surface area contributed by atoms with Gasteiger partial charge in [-0.05, 0) is 12.8 Å². The summed E-state index contributed by atoms with van der Waals surface area (Å²) in [6.07, 6.45) is 0.975. The molecular weight excluding hydrogens is 278 g/mol. The van der Waals surface area contributed by atoms with Crippen LogP contribution in [0.25, 0.3) is 0 Å². The van der Waals surface area contributed by atoms with Crippen LogP contribution in [0.15, 0.2) is 0 Å². The van der Waals surface area contributed by atoms with Crippen molar-refractivity contribution < 1.29 is 58.7 Å². The van der Waals surface area contributed by atoms with Crippen LogP contribution >= 0.6 is 7.82 Å². The molecule has 0 bridgehead atoms. The third-order valence-corrected chi connectivity index (χ3v) is 1.32. The number of hydrogen-bond donors (Lipinski definition) is 7. The van der Waals surface area contributed by atoms with E-state index in [4.69, 9.17) is 41.2 Å². The Morgan fingerprint density at radius 2 is 1.89 bits per heavy atom. The number of guanidine groups is 1. The third kappa shape index (κ3) is 29.7. The van der Waals surface area contributed by atoms with Crippen LogP contribution in [0.1, 0.15) is 12.8 Å². The zero-order valence-corrected chi connectivity index (χ0v) is 12.8. The van der Waals surface area contributed by atoms with E-state index in [9.17, 15) is 4.79 Å². The molecule has 0 radical (unpaired) electrons. The predicted octanol–water partition coefficient (Wildman–Crippen LogP) is -5.90. The second kappa shape index (κ2) is 11.9. The zero-order valence-electron chi connectivity index (χ0n) is 9.87. The molecule has 0 heterocycles. The van der Waals surface area contributed by atoms with Gasteiger partial charge in [-0.3, -0.25) is 14.8 Å². The molecule has 12 heteroatoms. The van der Waals surface area contributed by atoms with Gasteiger partial charge >= 0.3 is 35.5 Å². The fourth-order valence-corrected chi connectivity index (χ4v) is 0.669. The van der Waals surface area contributed by atoms with Gasteiger partial charge in [0.1, 0.15) is 6.04 Å². The molecule has 9 N–H and O–H groups in total. The number of nitrogens with one attached hydrogen (secondary N) is 2. The summed E-state index contributed by atoms with van der Waals surface area (Å²) >= 11 is 0. The van der Waals surface area contributed by atoms with Gasteiger partial charge in [0, 0.05) is 6.54 Å². The summed E-state index contributed by atoms with van der Waals surface area (Å²) in [6.45, 7) is 0.482. The topological polar surface area (TPSA) is 206 Å². The van der Waals surface area contributed by atoms with E-state index in [1.165, 1.54) is 0 Å². The maximum atomic E-state index is 10.2. The van der Waals surface area contributed by atoms with Crippen LogP contribution in [0.5, 0.6) is 0 Å². The molecule has 0 amide bonds. The fraction of sp³-hybridized carbons (Fsp3) is 0.667. The molecule has 0 spiro atoms. The third-order valence-electron chi connectivity index (χ3n) is 1.32. The Balaban J connectivity index is -0.000000321. The van der Waals surface area contributed by atoms with Crippen LogP contribution in [-0.2, 0) is 9.36 Å². The average molecular weight is 294 g/mol. The first-order valence-corrected chi connectivity index (χ1v) is 5.90. The first kappa shape index (κ1) is 22.9. The monoisotopic (exact) mass is 294 g/mol. The molecule has 0 aromatic carbocycles. The molecule has 102 valence electrons. The number of phosphoric acid groups is 1.